The lowest BCUT2D eigenvalue weighted by Gasteiger charge is -2.21. The summed E-state index contributed by atoms with van der Waals surface area (Å²) in [7, 11) is 0. The Morgan fingerprint density at radius 3 is 2.42 bits per heavy atom. The third-order valence-corrected chi connectivity index (χ3v) is 4.71. The van der Waals surface area contributed by atoms with Crippen LogP contribution in [0.2, 0.25) is 0 Å². The average molecular weight is 333 g/mol. The Kier molecular flexibility index (Phi) is 13.6. The molecule has 1 nitrogen and oxygen atoms in total. The molecule has 0 aliphatic carbocycles. The summed E-state index contributed by atoms with van der Waals surface area (Å²) < 4.78 is 6.49. The van der Waals surface area contributed by atoms with E-state index in [9.17, 15) is 0 Å². The molecule has 0 fully saturated rings. The largest absolute Gasteiger partial charge is 0.495 e. The molecule has 0 saturated carbocycles. The van der Waals surface area contributed by atoms with Crippen molar-refractivity contribution in [2.75, 3.05) is 0 Å². The Labute approximate surface area is 151 Å². The summed E-state index contributed by atoms with van der Waals surface area (Å²) in [5.74, 6) is 1.27. The summed E-state index contributed by atoms with van der Waals surface area (Å²) in [4.78, 5) is 0. The molecule has 1 heterocycles. The minimum Gasteiger partial charge on any atom is -0.495 e. The predicted octanol–water partition coefficient (Wildman–Crippen LogP) is 7.88. The normalized spacial score (nSPS) is 19.8. The molecule has 0 saturated heterocycles. The highest BCUT2D eigenvalue weighted by Crippen LogP contribution is 2.21. The van der Waals surface area contributed by atoms with Crippen LogP contribution in [-0.2, 0) is 4.74 Å². The fourth-order valence-corrected chi connectivity index (χ4v) is 3.17. The van der Waals surface area contributed by atoms with E-state index in [1.54, 1.807) is 0 Å². The van der Waals surface area contributed by atoms with Crippen LogP contribution >= 0.6 is 0 Å². The summed E-state index contributed by atoms with van der Waals surface area (Å²) >= 11 is 0. The van der Waals surface area contributed by atoms with Gasteiger partial charge in [-0.1, -0.05) is 76.7 Å². The molecular formula is C23H40O. The van der Waals surface area contributed by atoms with Crippen molar-refractivity contribution in [2.45, 2.75) is 110 Å². The SMILES string of the molecule is CCCCCCCC1=CCCC=CC=CCCCC(CCCC)O1. The molecule has 0 radical (unpaired) electrons. The Balaban J connectivity index is 2.56. The number of ether oxygens (including phenoxy) is 1. The van der Waals surface area contributed by atoms with Crippen LogP contribution in [0.5, 0.6) is 0 Å². The maximum Gasteiger partial charge on any atom is 0.0982 e. The zero-order valence-electron chi connectivity index (χ0n) is 16.3. The van der Waals surface area contributed by atoms with Crippen LogP contribution in [0.1, 0.15) is 104 Å². The van der Waals surface area contributed by atoms with E-state index in [2.05, 4.69) is 44.2 Å². The molecule has 24 heavy (non-hydrogen) atoms. The van der Waals surface area contributed by atoms with E-state index in [4.69, 9.17) is 4.74 Å². The smallest absolute Gasteiger partial charge is 0.0982 e. The first-order valence-corrected chi connectivity index (χ1v) is 10.5. The molecule has 1 aliphatic rings. The lowest BCUT2D eigenvalue weighted by molar-refractivity contribution is 0.0891. The summed E-state index contributed by atoms with van der Waals surface area (Å²) in [5, 5.41) is 0. The van der Waals surface area contributed by atoms with Gasteiger partial charge >= 0.3 is 0 Å². The van der Waals surface area contributed by atoms with Crippen molar-refractivity contribution in [1.82, 2.24) is 0 Å². The van der Waals surface area contributed by atoms with Gasteiger partial charge < -0.3 is 4.74 Å². The highest BCUT2D eigenvalue weighted by Gasteiger charge is 2.11. The van der Waals surface area contributed by atoms with Gasteiger partial charge in [0, 0.05) is 6.42 Å². The van der Waals surface area contributed by atoms with Gasteiger partial charge in [-0.3, -0.25) is 0 Å². The Morgan fingerprint density at radius 1 is 0.875 bits per heavy atom. The van der Waals surface area contributed by atoms with Crippen LogP contribution in [0.4, 0.5) is 0 Å². The second-order valence-electron chi connectivity index (χ2n) is 7.08. The molecular weight excluding hydrogens is 292 g/mol. The number of hydrogen-bond donors (Lipinski definition) is 0. The number of rotatable bonds is 9. The molecule has 0 amide bonds. The van der Waals surface area contributed by atoms with Gasteiger partial charge in [0.15, 0.2) is 0 Å². The minimum atomic E-state index is 0.425. The summed E-state index contributed by atoms with van der Waals surface area (Å²) in [6, 6.07) is 0. The third-order valence-electron chi connectivity index (χ3n) is 4.71. The van der Waals surface area contributed by atoms with Gasteiger partial charge in [0.1, 0.15) is 0 Å². The summed E-state index contributed by atoms with van der Waals surface area (Å²) in [5.41, 5.74) is 0. The van der Waals surface area contributed by atoms with Crippen LogP contribution in [-0.4, -0.2) is 6.10 Å². The van der Waals surface area contributed by atoms with E-state index in [0.29, 0.717) is 6.10 Å². The zero-order valence-corrected chi connectivity index (χ0v) is 16.3. The minimum absolute atomic E-state index is 0.425. The number of unbranched alkanes of at least 4 members (excludes halogenated alkanes) is 5. The van der Waals surface area contributed by atoms with Gasteiger partial charge in [-0.15, -0.1) is 0 Å². The van der Waals surface area contributed by atoms with E-state index < -0.39 is 0 Å². The van der Waals surface area contributed by atoms with Crippen LogP contribution < -0.4 is 0 Å². The molecule has 0 bridgehead atoms. The lowest BCUT2D eigenvalue weighted by Crippen LogP contribution is -2.13. The zero-order chi connectivity index (χ0) is 17.3. The van der Waals surface area contributed by atoms with Crippen molar-refractivity contribution < 1.29 is 4.74 Å². The number of hydrogen-bond acceptors (Lipinski definition) is 1. The maximum atomic E-state index is 6.49. The highest BCUT2D eigenvalue weighted by molar-refractivity contribution is 5.04. The predicted molar refractivity (Wildman–Crippen MR) is 107 cm³/mol. The molecule has 1 aliphatic heterocycles. The Morgan fingerprint density at radius 2 is 1.62 bits per heavy atom. The van der Waals surface area contributed by atoms with Gasteiger partial charge in [-0.2, -0.15) is 0 Å². The Hall–Kier alpha value is -0.980. The van der Waals surface area contributed by atoms with E-state index in [0.717, 1.165) is 19.3 Å². The monoisotopic (exact) mass is 332 g/mol. The topological polar surface area (TPSA) is 9.23 Å². The fraction of sp³-hybridized carbons (Fsp3) is 0.739. The van der Waals surface area contributed by atoms with Gasteiger partial charge in [0.25, 0.3) is 0 Å². The van der Waals surface area contributed by atoms with Crippen molar-refractivity contribution in [3.63, 3.8) is 0 Å². The third kappa shape index (κ3) is 11.5. The van der Waals surface area contributed by atoms with Gasteiger partial charge in [0.2, 0.25) is 0 Å². The quantitative estimate of drug-likeness (QED) is 0.390. The van der Waals surface area contributed by atoms with Crippen LogP contribution in [0.3, 0.4) is 0 Å². The lowest BCUT2D eigenvalue weighted by atomic mass is 10.1. The first kappa shape index (κ1) is 21.1. The molecule has 1 atom stereocenters. The van der Waals surface area contributed by atoms with Crippen LogP contribution in [0, 0.1) is 0 Å². The van der Waals surface area contributed by atoms with Crippen molar-refractivity contribution in [2.24, 2.45) is 0 Å². The molecule has 1 unspecified atom stereocenters. The average Bonchev–Trinajstić information content (AvgIpc) is 2.61. The summed E-state index contributed by atoms with van der Waals surface area (Å²) in [6.07, 6.45) is 29.2. The fourth-order valence-electron chi connectivity index (χ4n) is 3.17. The molecule has 0 aromatic rings. The summed E-state index contributed by atoms with van der Waals surface area (Å²) in [6.45, 7) is 4.56. The van der Waals surface area contributed by atoms with Crippen molar-refractivity contribution in [3.8, 4) is 0 Å². The standard InChI is InChI=1S/C23H40O/c1-3-5-7-12-15-20-23-21-17-14-11-9-8-10-13-16-19-22(24-23)18-6-4-2/h8-11,21-22H,3-7,12-20H2,1-2H3. The molecule has 0 aromatic carbocycles. The molecule has 0 spiro atoms. The first-order chi connectivity index (χ1) is 11.9. The highest BCUT2D eigenvalue weighted by atomic mass is 16.5. The van der Waals surface area contributed by atoms with Gasteiger partial charge in [-0.05, 0) is 51.0 Å². The molecule has 0 N–H and O–H groups in total. The maximum absolute atomic E-state index is 6.49. The number of allylic oxidation sites excluding steroid dienone is 6. The molecule has 1 rings (SSSR count). The molecule has 138 valence electrons. The van der Waals surface area contributed by atoms with Crippen molar-refractivity contribution in [3.05, 3.63) is 36.1 Å². The van der Waals surface area contributed by atoms with Crippen LogP contribution in [0.15, 0.2) is 36.1 Å². The van der Waals surface area contributed by atoms with Crippen molar-refractivity contribution >= 4 is 0 Å². The van der Waals surface area contributed by atoms with Crippen molar-refractivity contribution in [1.29, 1.82) is 0 Å². The van der Waals surface area contributed by atoms with Gasteiger partial charge in [-0.25, -0.2) is 0 Å². The Bertz CT molecular complexity index is 364. The van der Waals surface area contributed by atoms with E-state index >= 15 is 0 Å². The first-order valence-electron chi connectivity index (χ1n) is 10.5. The second-order valence-corrected chi connectivity index (χ2v) is 7.08. The molecule has 1 heteroatoms. The van der Waals surface area contributed by atoms with E-state index in [1.807, 2.05) is 0 Å². The second kappa shape index (κ2) is 15.5. The van der Waals surface area contributed by atoms with E-state index in [1.165, 1.54) is 76.4 Å². The van der Waals surface area contributed by atoms with E-state index in [-0.39, 0.29) is 0 Å². The van der Waals surface area contributed by atoms with Gasteiger partial charge in [0.05, 0.1) is 11.9 Å². The van der Waals surface area contributed by atoms with Crippen LogP contribution in [0.25, 0.3) is 0 Å². The molecule has 0 aromatic heterocycles.